The maximum absolute atomic E-state index is 11.3. The Morgan fingerprint density at radius 2 is 2.11 bits per heavy atom. The van der Waals surface area contributed by atoms with E-state index in [0.717, 1.165) is 0 Å². The number of methoxy groups -OCH3 is 1. The van der Waals surface area contributed by atoms with Crippen molar-refractivity contribution in [2.45, 2.75) is 19.9 Å². The van der Waals surface area contributed by atoms with E-state index >= 15 is 0 Å². The standard InChI is InChI=1S/C11H15N3O4/c1-7(2)14(6-10(15)16)9-5-12-4-8(13-9)11(17)18-3/h4-5,7H,6H2,1-3H3,(H,15,16). The van der Waals surface area contributed by atoms with Crippen LogP contribution in [0.2, 0.25) is 0 Å². The molecule has 0 aliphatic rings. The van der Waals surface area contributed by atoms with Crippen LogP contribution >= 0.6 is 0 Å². The molecular formula is C11H15N3O4. The van der Waals surface area contributed by atoms with Gasteiger partial charge in [-0.05, 0) is 13.8 Å². The van der Waals surface area contributed by atoms with Crippen LogP contribution in [0.25, 0.3) is 0 Å². The van der Waals surface area contributed by atoms with Gasteiger partial charge in [-0.15, -0.1) is 0 Å². The second-order valence-electron chi connectivity index (χ2n) is 3.87. The van der Waals surface area contributed by atoms with E-state index in [2.05, 4.69) is 14.7 Å². The van der Waals surface area contributed by atoms with Crippen LogP contribution in [0.15, 0.2) is 12.4 Å². The highest BCUT2D eigenvalue weighted by atomic mass is 16.5. The summed E-state index contributed by atoms with van der Waals surface area (Å²) in [5, 5.41) is 8.84. The highest BCUT2D eigenvalue weighted by Gasteiger charge is 2.17. The number of anilines is 1. The minimum absolute atomic E-state index is 0.0473. The molecule has 1 heterocycles. The van der Waals surface area contributed by atoms with E-state index in [4.69, 9.17) is 5.11 Å². The molecule has 1 aromatic rings. The number of nitrogens with zero attached hydrogens (tertiary/aromatic N) is 3. The molecule has 98 valence electrons. The van der Waals surface area contributed by atoms with Crippen LogP contribution in [-0.2, 0) is 9.53 Å². The molecule has 0 aromatic carbocycles. The zero-order valence-electron chi connectivity index (χ0n) is 10.5. The summed E-state index contributed by atoms with van der Waals surface area (Å²) in [4.78, 5) is 31.5. The summed E-state index contributed by atoms with van der Waals surface area (Å²) in [7, 11) is 1.24. The minimum Gasteiger partial charge on any atom is -0.480 e. The minimum atomic E-state index is -0.978. The maximum atomic E-state index is 11.3. The summed E-state index contributed by atoms with van der Waals surface area (Å²) in [5.74, 6) is -1.26. The molecule has 0 radical (unpaired) electrons. The Hall–Kier alpha value is -2.18. The largest absolute Gasteiger partial charge is 0.480 e. The molecule has 0 unspecified atom stereocenters. The summed E-state index contributed by atoms with van der Waals surface area (Å²) >= 11 is 0. The number of esters is 1. The van der Waals surface area contributed by atoms with Gasteiger partial charge in [0.15, 0.2) is 5.69 Å². The lowest BCUT2D eigenvalue weighted by Crippen LogP contribution is -2.36. The van der Waals surface area contributed by atoms with E-state index in [0.29, 0.717) is 5.82 Å². The molecular weight excluding hydrogens is 238 g/mol. The van der Waals surface area contributed by atoms with Crippen LogP contribution in [0.3, 0.4) is 0 Å². The summed E-state index contributed by atoms with van der Waals surface area (Å²) < 4.78 is 4.54. The molecule has 0 spiro atoms. The number of hydrogen-bond donors (Lipinski definition) is 1. The van der Waals surface area contributed by atoms with Crippen molar-refractivity contribution in [2.24, 2.45) is 0 Å². The van der Waals surface area contributed by atoms with Crippen LogP contribution in [0.5, 0.6) is 0 Å². The van der Waals surface area contributed by atoms with Gasteiger partial charge in [-0.25, -0.2) is 9.78 Å². The summed E-state index contributed by atoms with van der Waals surface area (Å²) in [6.45, 7) is 3.45. The van der Waals surface area contributed by atoms with E-state index in [1.165, 1.54) is 24.4 Å². The predicted molar refractivity (Wildman–Crippen MR) is 63.5 cm³/mol. The second kappa shape index (κ2) is 5.95. The molecule has 0 bridgehead atoms. The van der Waals surface area contributed by atoms with Crippen molar-refractivity contribution < 1.29 is 19.4 Å². The molecule has 0 aliphatic heterocycles. The van der Waals surface area contributed by atoms with E-state index < -0.39 is 11.9 Å². The second-order valence-corrected chi connectivity index (χ2v) is 3.87. The number of aromatic nitrogens is 2. The van der Waals surface area contributed by atoms with Gasteiger partial charge >= 0.3 is 11.9 Å². The molecule has 0 aliphatic carbocycles. The fourth-order valence-electron chi connectivity index (χ4n) is 1.37. The van der Waals surface area contributed by atoms with Crippen molar-refractivity contribution in [3.05, 3.63) is 18.1 Å². The molecule has 0 saturated heterocycles. The first-order valence-corrected chi connectivity index (χ1v) is 5.34. The van der Waals surface area contributed by atoms with Gasteiger partial charge in [0, 0.05) is 6.04 Å². The van der Waals surface area contributed by atoms with Crippen LogP contribution in [-0.4, -0.2) is 46.7 Å². The fourth-order valence-corrected chi connectivity index (χ4v) is 1.37. The van der Waals surface area contributed by atoms with Gasteiger partial charge in [0.1, 0.15) is 12.4 Å². The molecule has 0 saturated carbocycles. The molecule has 7 heteroatoms. The third-order valence-corrected chi connectivity index (χ3v) is 2.24. The Morgan fingerprint density at radius 1 is 1.44 bits per heavy atom. The smallest absolute Gasteiger partial charge is 0.358 e. The van der Waals surface area contributed by atoms with Gasteiger partial charge in [0.2, 0.25) is 0 Å². The topological polar surface area (TPSA) is 92.6 Å². The number of carboxylic acids is 1. The van der Waals surface area contributed by atoms with Crippen molar-refractivity contribution in [3.8, 4) is 0 Å². The molecule has 1 aromatic heterocycles. The lowest BCUT2D eigenvalue weighted by Gasteiger charge is -2.25. The Balaban J connectivity index is 3.05. The van der Waals surface area contributed by atoms with E-state index in [-0.39, 0.29) is 18.3 Å². The van der Waals surface area contributed by atoms with Crippen molar-refractivity contribution in [1.82, 2.24) is 9.97 Å². The molecule has 0 fully saturated rings. The van der Waals surface area contributed by atoms with Gasteiger partial charge in [-0.1, -0.05) is 0 Å². The monoisotopic (exact) mass is 253 g/mol. The number of ether oxygens (including phenoxy) is 1. The number of carbonyl (C=O) groups is 2. The van der Waals surface area contributed by atoms with Gasteiger partial charge in [-0.3, -0.25) is 9.78 Å². The molecule has 18 heavy (non-hydrogen) atoms. The quantitative estimate of drug-likeness (QED) is 0.766. The van der Waals surface area contributed by atoms with Gasteiger partial charge < -0.3 is 14.7 Å². The highest BCUT2D eigenvalue weighted by molar-refractivity contribution is 5.87. The van der Waals surface area contributed by atoms with Gasteiger partial charge in [0.25, 0.3) is 0 Å². The van der Waals surface area contributed by atoms with Crippen LogP contribution in [0.1, 0.15) is 24.3 Å². The predicted octanol–water partition coefficient (Wildman–Crippen LogP) is 0.563. The Kier molecular flexibility index (Phi) is 4.59. The molecule has 1 N–H and O–H groups in total. The maximum Gasteiger partial charge on any atom is 0.358 e. The van der Waals surface area contributed by atoms with Crippen LogP contribution in [0.4, 0.5) is 5.82 Å². The van der Waals surface area contributed by atoms with Crippen molar-refractivity contribution >= 4 is 17.8 Å². The number of carbonyl (C=O) groups excluding carboxylic acids is 1. The number of rotatable bonds is 5. The number of carboxylic acid groups (broad SMARTS) is 1. The number of hydrogen-bond acceptors (Lipinski definition) is 6. The van der Waals surface area contributed by atoms with Gasteiger partial charge in [-0.2, -0.15) is 0 Å². The Morgan fingerprint density at radius 3 is 2.61 bits per heavy atom. The summed E-state index contributed by atoms with van der Waals surface area (Å²) in [5.41, 5.74) is 0.0473. The lowest BCUT2D eigenvalue weighted by atomic mass is 10.3. The van der Waals surface area contributed by atoms with E-state index in [1.807, 2.05) is 13.8 Å². The van der Waals surface area contributed by atoms with Crippen molar-refractivity contribution in [2.75, 3.05) is 18.6 Å². The van der Waals surface area contributed by atoms with E-state index in [1.54, 1.807) is 0 Å². The van der Waals surface area contributed by atoms with E-state index in [9.17, 15) is 9.59 Å². The third-order valence-electron chi connectivity index (χ3n) is 2.24. The molecule has 0 atom stereocenters. The lowest BCUT2D eigenvalue weighted by molar-refractivity contribution is -0.135. The molecule has 0 amide bonds. The summed E-state index contributed by atoms with van der Waals surface area (Å²) in [6, 6.07) is -0.0803. The van der Waals surface area contributed by atoms with Crippen molar-refractivity contribution in [1.29, 1.82) is 0 Å². The fraction of sp³-hybridized carbons (Fsp3) is 0.455. The number of aliphatic carboxylic acids is 1. The van der Waals surface area contributed by atoms with Crippen LogP contribution in [0, 0.1) is 0 Å². The third kappa shape index (κ3) is 3.41. The normalized spacial score (nSPS) is 10.2. The summed E-state index contributed by atoms with van der Waals surface area (Å²) in [6.07, 6.45) is 2.68. The highest BCUT2D eigenvalue weighted by Crippen LogP contribution is 2.13. The van der Waals surface area contributed by atoms with Crippen LogP contribution < -0.4 is 4.90 Å². The first-order chi connectivity index (χ1) is 8.45. The molecule has 7 nitrogen and oxygen atoms in total. The Labute approximate surface area is 104 Å². The first kappa shape index (κ1) is 13.9. The van der Waals surface area contributed by atoms with Crippen molar-refractivity contribution in [3.63, 3.8) is 0 Å². The SMILES string of the molecule is COC(=O)c1cncc(N(CC(=O)O)C(C)C)n1. The zero-order chi connectivity index (χ0) is 13.7. The Bertz CT molecular complexity index is 448. The average Bonchev–Trinajstić information content (AvgIpc) is 2.34. The molecule has 1 rings (SSSR count). The van der Waals surface area contributed by atoms with Gasteiger partial charge in [0.05, 0.1) is 19.5 Å². The first-order valence-electron chi connectivity index (χ1n) is 5.34. The average molecular weight is 253 g/mol. The zero-order valence-corrected chi connectivity index (χ0v) is 10.5.